The van der Waals surface area contributed by atoms with Gasteiger partial charge in [-0.2, -0.15) is 0 Å². The molecule has 1 aliphatic heterocycles. The third-order valence-corrected chi connectivity index (χ3v) is 4.97. The zero-order valence-electron chi connectivity index (χ0n) is 15.9. The first-order valence-corrected chi connectivity index (χ1v) is 9.39. The maximum Gasteiger partial charge on any atom is 0.260 e. The number of piperidine rings is 1. The van der Waals surface area contributed by atoms with Gasteiger partial charge in [0.25, 0.3) is 11.8 Å². The molecule has 0 radical (unpaired) electrons. The van der Waals surface area contributed by atoms with Gasteiger partial charge in [0.05, 0.1) is 5.56 Å². The maximum absolute atomic E-state index is 12.4. The Morgan fingerprint density at radius 2 is 1.79 bits per heavy atom. The largest absolute Gasteiger partial charge is 0.483 e. The number of nitrogens with zero attached hydrogens (tertiary/aromatic N) is 1. The first-order chi connectivity index (χ1) is 13.6. The number of carbonyl (C=O) groups excluding carboxylic acids is 3. The van der Waals surface area contributed by atoms with Crippen molar-refractivity contribution in [3.8, 4) is 5.75 Å². The molecule has 3 rings (SSSR count). The number of rotatable bonds is 6. The lowest BCUT2D eigenvalue weighted by atomic mass is 10.0. The molecule has 28 heavy (non-hydrogen) atoms. The number of hydrogen-bond acceptors (Lipinski definition) is 4. The van der Waals surface area contributed by atoms with E-state index in [0.717, 1.165) is 5.56 Å². The molecule has 1 heterocycles. The summed E-state index contributed by atoms with van der Waals surface area (Å²) in [6.07, 6.45) is 2.12. The van der Waals surface area contributed by atoms with E-state index >= 15 is 0 Å². The fourth-order valence-electron chi connectivity index (χ4n) is 3.30. The first kappa shape index (κ1) is 19.6. The van der Waals surface area contributed by atoms with Crippen molar-refractivity contribution in [3.05, 3.63) is 65.2 Å². The van der Waals surface area contributed by atoms with Gasteiger partial charge in [0.1, 0.15) is 5.75 Å². The summed E-state index contributed by atoms with van der Waals surface area (Å²) in [5, 5.41) is 3.06. The number of carbonyl (C=O) groups is 3. The molecule has 0 aliphatic carbocycles. The quantitative estimate of drug-likeness (QED) is 0.782. The van der Waals surface area contributed by atoms with Crippen molar-refractivity contribution >= 4 is 18.1 Å². The minimum absolute atomic E-state index is 0.0489. The van der Waals surface area contributed by atoms with Gasteiger partial charge in [-0.25, -0.2) is 0 Å². The highest BCUT2D eigenvalue weighted by Crippen LogP contribution is 2.17. The number of aryl methyl sites for hydroxylation is 1. The second-order valence-electron chi connectivity index (χ2n) is 6.89. The zero-order valence-corrected chi connectivity index (χ0v) is 15.9. The Labute approximate surface area is 164 Å². The van der Waals surface area contributed by atoms with Crippen molar-refractivity contribution in [3.63, 3.8) is 0 Å². The molecule has 1 N–H and O–H groups in total. The van der Waals surface area contributed by atoms with Gasteiger partial charge in [-0.1, -0.05) is 30.3 Å². The van der Waals surface area contributed by atoms with Gasteiger partial charge in [-0.15, -0.1) is 0 Å². The summed E-state index contributed by atoms with van der Waals surface area (Å²) in [7, 11) is 0. The van der Waals surface area contributed by atoms with Crippen LogP contribution in [0.1, 0.15) is 39.1 Å². The molecule has 0 saturated carbocycles. The van der Waals surface area contributed by atoms with Crippen molar-refractivity contribution in [2.24, 2.45) is 0 Å². The molecule has 6 heteroatoms. The molecule has 146 valence electrons. The van der Waals surface area contributed by atoms with Gasteiger partial charge in [0.15, 0.2) is 12.9 Å². The Morgan fingerprint density at radius 3 is 2.50 bits per heavy atom. The van der Waals surface area contributed by atoms with Crippen LogP contribution in [-0.4, -0.2) is 48.7 Å². The van der Waals surface area contributed by atoms with Crippen LogP contribution in [0.4, 0.5) is 0 Å². The second-order valence-corrected chi connectivity index (χ2v) is 6.89. The molecule has 2 aromatic rings. The fourth-order valence-corrected chi connectivity index (χ4v) is 3.30. The Bertz CT molecular complexity index is 857. The number of ether oxygens (including phenoxy) is 1. The van der Waals surface area contributed by atoms with Crippen LogP contribution < -0.4 is 10.1 Å². The smallest absolute Gasteiger partial charge is 0.260 e. The summed E-state index contributed by atoms with van der Waals surface area (Å²) >= 11 is 0. The maximum atomic E-state index is 12.4. The van der Waals surface area contributed by atoms with E-state index < -0.39 is 0 Å². The Kier molecular flexibility index (Phi) is 6.42. The third-order valence-electron chi connectivity index (χ3n) is 4.97. The highest BCUT2D eigenvalue weighted by molar-refractivity contribution is 5.95. The van der Waals surface area contributed by atoms with Crippen molar-refractivity contribution in [2.75, 3.05) is 19.7 Å². The molecule has 1 fully saturated rings. The minimum atomic E-state index is -0.121. The topological polar surface area (TPSA) is 75.7 Å². The van der Waals surface area contributed by atoms with E-state index in [1.165, 1.54) is 0 Å². The van der Waals surface area contributed by atoms with Gasteiger partial charge < -0.3 is 15.0 Å². The molecule has 0 unspecified atom stereocenters. The lowest BCUT2D eigenvalue weighted by Crippen LogP contribution is -2.47. The SMILES string of the molecule is Cc1ccccc1C(=O)NC1CCN(C(=O)COc2ccccc2C=O)CC1. The van der Waals surface area contributed by atoms with Crippen LogP contribution in [0.5, 0.6) is 5.75 Å². The predicted octanol–water partition coefficient (Wildman–Crippen LogP) is 2.61. The van der Waals surface area contributed by atoms with Crippen LogP contribution in [0.2, 0.25) is 0 Å². The second kappa shape index (κ2) is 9.17. The summed E-state index contributed by atoms with van der Waals surface area (Å²) in [6, 6.07) is 14.4. The summed E-state index contributed by atoms with van der Waals surface area (Å²) in [5.41, 5.74) is 2.05. The standard InChI is InChI=1S/C22H24N2O4/c1-16-6-2-4-8-19(16)22(27)23-18-10-12-24(13-11-18)21(26)15-28-20-9-5-3-7-17(20)14-25/h2-9,14,18H,10-13,15H2,1H3,(H,23,27). The lowest BCUT2D eigenvalue weighted by Gasteiger charge is -2.32. The normalized spacial score (nSPS) is 14.4. The van der Waals surface area contributed by atoms with Crippen LogP contribution in [0.15, 0.2) is 48.5 Å². The molecule has 2 amide bonds. The number of para-hydroxylation sites is 1. The number of amides is 2. The zero-order chi connectivity index (χ0) is 19.9. The summed E-state index contributed by atoms with van der Waals surface area (Å²) < 4.78 is 5.51. The lowest BCUT2D eigenvalue weighted by molar-refractivity contribution is -0.134. The molecule has 0 bridgehead atoms. The van der Waals surface area contributed by atoms with E-state index in [4.69, 9.17) is 4.74 Å². The average Bonchev–Trinajstić information content (AvgIpc) is 2.73. The van der Waals surface area contributed by atoms with Gasteiger partial charge in [0.2, 0.25) is 0 Å². The predicted molar refractivity (Wildman–Crippen MR) is 106 cm³/mol. The van der Waals surface area contributed by atoms with Crippen molar-refractivity contribution in [1.29, 1.82) is 0 Å². The molecule has 1 aliphatic rings. The molecule has 0 atom stereocenters. The summed E-state index contributed by atoms with van der Waals surface area (Å²) in [4.78, 5) is 37.6. The monoisotopic (exact) mass is 380 g/mol. The van der Waals surface area contributed by atoms with Crippen LogP contribution in [0, 0.1) is 6.92 Å². The highest BCUT2D eigenvalue weighted by atomic mass is 16.5. The van der Waals surface area contributed by atoms with Crippen molar-refractivity contribution in [2.45, 2.75) is 25.8 Å². The van der Waals surface area contributed by atoms with E-state index in [1.807, 2.05) is 31.2 Å². The summed E-state index contributed by atoms with van der Waals surface area (Å²) in [5.74, 6) is 0.215. The Balaban J connectivity index is 1.47. The van der Waals surface area contributed by atoms with Gasteiger partial charge in [-0.3, -0.25) is 14.4 Å². The van der Waals surface area contributed by atoms with Crippen LogP contribution in [-0.2, 0) is 4.79 Å². The molecule has 6 nitrogen and oxygen atoms in total. The average molecular weight is 380 g/mol. The number of aldehydes is 1. The van der Waals surface area contributed by atoms with Crippen LogP contribution in [0.25, 0.3) is 0 Å². The van der Waals surface area contributed by atoms with Crippen LogP contribution >= 0.6 is 0 Å². The summed E-state index contributed by atoms with van der Waals surface area (Å²) in [6.45, 7) is 2.94. The first-order valence-electron chi connectivity index (χ1n) is 9.39. The molecular formula is C22H24N2O4. The molecule has 1 saturated heterocycles. The molecule has 2 aromatic carbocycles. The van der Waals surface area contributed by atoms with E-state index in [-0.39, 0.29) is 24.5 Å². The van der Waals surface area contributed by atoms with Crippen molar-refractivity contribution < 1.29 is 19.1 Å². The fraction of sp³-hybridized carbons (Fsp3) is 0.318. The van der Waals surface area contributed by atoms with E-state index in [0.29, 0.717) is 49.1 Å². The van der Waals surface area contributed by atoms with E-state index in [1.54, 1.807) is 29.2 Å². The molecule has 0 aromatic heterocycles. The Morgan fingerprint density at radius 1 is 1.11 bits per heavy atom. The number of benzene rings is 2. The highest BCUT2D eigenvalue weighted by Gasteiger charge is 2.24. The van der Waals surface area contributed by atoms with Gasteiger partial charge in [-0.05, 0) is 43.5 Å². The van der Waals surface area contributed by atoms with E-state index in [9.17, 15) is 14.4 Å². The number of nitrogens with one attached hydrogen (secondary N) is 1. The molecular weight excluding hydrogens is 356 g/mol. The number of likely N-dealkylation sites (tertiary alicyclic amines) is 1. The minimum Gasteiger partial charge on any atom is -0.483 e. The van der Waals surface area contributed by atoms with Gasteiger partial charge >= 0.3 is 0 Å². The van der Waals surface area contributed by atoms with Gasteiger partial charge in [0, 0.05) is 24.7 Å². The van der Waals surface area contributed by atoms with Crippen LogP contribution in [0.3, 0.4) is 0 Å². The third kappa shape index (κ3) is 4.76. The van der Waals surface area contributed by atoms with Crippen molar-refractivity contribution in [1.82, 2.24) is 10.2 Å². The molecule has 0 spiro atoms. The number of hydrogen-bond donors (Lipinski definition) is 1. The van der Waals surface area contributed by atoms with E-state index in [2.05, 4.69) is 5.32 Å². The Hall–Kier alpha value is -3.15.